The van der Waals surface area contributed by atoms with Crippen LogP contribution in [-0.2, 0) is 9.53 Å². The molecule has 0 radical (unpaired) electrons. The summed E-state index contributed by atoms with van der Waals surface area (Å²) in [4.78, 5) is 26.3. The average molecular weight is 278 g/mol. The van der Waals surface area contributed by atoms with Crippen LogP contribution >= 0.6 is 0 Å². The van der Waals surface area contributed by atoms with Crippen LogP contribution in [0.3, 0.4) is 0 Å². The molecule has 4 unspecified atom stereocenters. The summed E-state index contributed by atoms with van der Waals surface area (Å²) in [5.74, 6) is -0.418. The monoisotopic (exact) mass is 278 g/mol. The Kier molecular flexibility index (Phi) is 2.84. The SMILES string of the molecule is CC1C(=O)CC(c2ccncc2[N+](=O)[O-])OC12CC2O. The molecule has 1 aliphatic carbocycles. The van der Waals surface area contributed by atoms with Gasteiger partial charge in [-0.25, -0.2) is 0 Å². The molecule has 1 saturated heterocycles. The number of nitrogens with zero attached hydrogens (tertiary/aromatic N) is 2. The number of hydrogen-bond donors (Lipinski definition) is 1. The molecular formula is C13H14N2O5. The number of carbonyl (C=O) groups excluding carboxylic acids is 1. The number of rotatable bonds is 2. The average Bonchev–Trinajstić information content (AvgIpc) is 3.06. The number of ether oxygens (including phenoxy) is 1. The van der Waals surface area contributed by atoms with E-state index in [1.165, 1.54) is 12.3 Å². The molecule has 106 valence electrons. The number of aromatic nitrogens is 1. The van der Waals surface area contributed by atoms with Gasteiger partial charge >= 0.3 is 0 Å². The van der Waals surface area contributed by atoms with E-state index in [0.717, 1.165) is 6.20 Å². The van der Waals surface area contributed by atoms with Crippen LogP contribution in [0, 0.1) is 16.0 Å². The maximum Gasteiger partial charge on any atom is 0.293 e. The molecule has 0 aromatic carbocycles. The molecule has 1 N–H and O–H groups in total. The predicted octanol–water partition coefficient (Wildman–Crippen LogP) is 1.16. The third-order valence-electron chi connectivity index (χ3n) is 4.26. The first-order chi connectivity index (χ1) is 9.45. The standard InChI is InChI=1S/C13H14N2O5/c1-7-10(16)4-11(20-13(7)5-12(13)17)8-2-3-14-6-9(8)15(18)19/h2-3,6-7,11-12,17H,4-5H2,1H3. The maximum atomic E-state index is 12.1. The fourth-order valence-corrected chi connectivity index (χ4v) is 2.87. The first-order valence-electron chi connectivity index (χ1n) is 6.42. The van der Waals surface area contributed by atoms with E-state index in [2.05, 4.69) is 4.98 Å². The zero-order valence-electron chi connectivity index (χ0n) is 10.9. The van der Waals surface area contributed by atoms with Crippen molar-refractivity contribution in [3.63, 3.8) is 0 Å². The highest BCUT2D eigenvalue weighted by atomic mass is 16.6. The lowest BCUT2D eigenvalue weighted by Crippen LogP contribution is -2.41. The van der Waals surface area contributed by atoms with E-state index in [4.69, 9.17) is 4.74 Å². The topological polar surface area (TPSA) is 103 Å². The van der Waals surface area contributed by atoms with Gasteiger partial charge < -0.3 is 9.84 Å². The summed E-state index contributed by atoms with van der Waals surface area (Å²) in [5, 5.41) is 20.8. The number of ketones is 1. The lowest BCUT2D eigenvalue weighted by molar-refractivity contribution is -0.386. The van der Waals surface area contributed by atoms with Gasteiger partial charge in [0.25, 0.3) is 5.69 Å². The van der Waals surface area contributed by atoms with E-state index >= 15 is 0 Å². The van der Waals surface area contributed by atoms with Crippen molar-refractivity contribution in [1.82, 2.24) is 4.98 Å². The third kappa shape index (κ3) is 1.82. The number of Topliss-reactive ketones (excluding diaryl/α,β-unsaturated/α-hetero) is 1. The minimum Gasteiger partial charge on any atom is -0.390 e. The molecule has 2 aliphatic rings. The van der Waals surface area contributed by atoms with E-state index in [9.17, 15) is 20.0 Å². The Hall–Kier alpha value is -1.86. The Balaban J connectivity index is 1.96. The quantitative estimate of drug-likeness (QED) is 0.643. The van der Waals surface area contributed by atoms with Crippen LogP contribution in [0.25, 0.3) is 0 Å². The van der Waals surface area contributed by atoms with Crippen LogP contribution < -0.4 is 0 Å². The third-order valence-corrected chi connectivity index (χ3v) is 4.26. The van der Waals surface area contributed by atoms with E-state index in [0.29, 0.717) is 12.0 Å². The second kappa shape index (κ2) is 4.32. The van der Waals surface area contributed by atoms with Crippen LogP contribution in [0.5, 0.6) is 0 Å². The molecule has 1 aromatic heterocycles. The Morgan fingerprint density at radius 3 is 2.90 bits per heavy atom. The minimum absolute atomic E-state index is 0.0380. The molecular weight excluding hydrogens is 264 g/mol. The van der Waals surface area contributed by atoms with Crippen molar-refractivity contribution in [2.24, 2.45) is 5.92 Å². The van der Waals surface area contributed by atoms with Crippen LogP contribution in [0.15, 0.2) is 18.5 Å². The lowest BCUT2D eigenvalue weighted by atomic mass is 9.87. The Morgan fingerprint density at radius 2 is 2.30 bits per heavy atom. The first kappa shape index (κ1) is 13.1. The first-order valence-corrected chi connectivity index (χ1v) is 6.42. The van der Waals surface area contributed by atoms with Crippen LogP contribution in [-0.4, -0.2) is 32.5 Å². The normalized spacial score (nSPS) is 36.1. The molecule has 3 rings (SSSR count). The van der Waals surface area contributed by atoms with Gasteiger partial charge in [-0.1, -0.05) is 6.92 Å². The molecule has 4 atom stereocenters. The largest absolute Gasteiger partial charge is 0.390 e. The fourth-order valence-electron chi connectivity index (χ4n) is 2.87. The van der Waals surface area contributed by atoms with Gasteiger partial charge in [-0.2, -0.15) is 0 Å². The molecule has 7 nitrogen and oxygen atoms in total. The van der Waals surface area contributed by atoms with E-state index in [1.54, 1.807) is 6.92 Å². The molecule has 2 fully saturated rings. The van der Waals surface area contributed by atoms with Crippen LogP contribution in [0.4, 0.5) is 5.69 Å². The van der Waals surface area contributed by atoms with Gasteiger partial charge in [-0.3, -0.25) is 19.9 Å². The number of hydrogen-bond acceptors (Lipinski definition) is 6. The number of nitro groups is 1. The Morgan fingerprint density at radius 1 is 1.60 bits per heavy atom. The van der Waals surface area contributed by atoms with Crippen molar-refractivity contribution < 1.29 is 19.6 Å². The van der Waals surface area contributed by atoms with Gasteiger partial charge in [0.1, 0.15) is 17.6 Å². The van der Waals surface area contributed by atoms with Crippen molar-refractivity contribution in [3.05, 3.63) is 34.1 Å². The highest BCUT2D eigenvalue weighted by molar-refractivity contribution is 5.84. The second-order valence-corrected chi connectivity index (χ2v) is 5.37. The van der Waals surface area contributed by atoms with E-state index < -0.39 is 22.7 Å². The van der Waals surface area contributed by atoms with E-state index in [-0.39, 0.29) is 23.8 Å². The molecule has 2 heterocycles. The van der Waals surface area contributed by atoms with Crippen molar-refractivity contribution in [3.8, 4) is 0 Å². The van der Waals surface area contributed by atoms with Gasteiger partial charge in [0.05, 0.1) is 22.7 Å². The number of pyridine rings is 1. The summed E-state index contributed by atoms with van der Waals surface area (Å²) in [5.41, 5.74) is -0.689. The van der Waals surface area contributed by atoms with Gasteiger partial charge in [0, 0.05) is 25.0 Å². The van der Waals surface area contributed by atoms with Crippen molar-refractivity contribution in [2.75, 3.05) is 0 Å². The summed E-state index contributed by atoms with van der Waals surface area (Å²) in [6.45, 7) is 1.73. The zero-order valence-corrected chi connectivity index (χ0v) is 10.9. The summed E-state index contributed by atoms with van der Waals surface area (Å²) in [7, 11) is 0. The maximum absolute atomic E-state index is 12.1. The lowest BCUT2D eigenvalue weighted by Gasteiger charge is -2.34. The van der Waals surface area contributed by atoms with Gasteiger partial charge in [-0.15, -0.1) is 0 Å². The van der Waals surface area contributed by atoms with Crippen LogP contribution in [0.1, 0.15) is 31.4 Å². The van der Waals surface area contributed by atoms with E-state index in [1.807, 2.05) is 0 Å². The summed E-state index contributed by atoms with van der Waals surface area (Å²) in [6, 6.07) is 1.49. The molecule has 20 heavy (non-hydrogen) atoms. The molecule has 1 spiro atoms. The number of carbonyl (C=O) groups is 1. The van der Waals surface area contributed by atoms with Gasteiger partial charge in [-0.05, 0) is 6.07 Å². The zero-order chi connectivity index (χ0) is 14.5. The van der Waals surface area contributed by atoms with Gasteiger partial charge in [0.2, 0.25) is 0 Å². The molecule has 7 heteroatoms. The minimum atomic E-state index is -0.864. The molecule has 0 amide bonds. The van der Waals surface area contributed by atoms with Crippen molar-refractivity contribution in [1.29, 1.82) is 0 Å². The Bertz CT molecular complexity index is 590. The summed E-state index contributed by atoms with van der Waals surface area (Å²) >= 11 is 0. The molecule has 1 saturated carbocycles. The van der Waals surface area contributed by atoms with Gasteiger partial charge in [0.15, 0.2) is 0 Å². The van der Waals surface area contributed by atoms with Crippen LogP contribution in [0.2, 0.25) is 0 Å². The molecule has 0 bridgehead atoms. The molecule has 1 aliphatic heterocycles. The summed E-state index contributed by atoms with van der Waals surface area (Å²) in [6.07, 6.45) is 1.70. The fraction of sp³-hybridized carbons (Fsp3) is 0.538. The number of aliphatic hydroxyl groups is 1. The highest BCUT2D eigenvalue weighted by Gasteiger charge is 2.64. The predicted molar refractivity (Wildman–Crippen MR) is 66.9 cm³/mol. The molecule has 1 aromatic rings. The highest BCUT2D eigenvalue weighted by Crippen LogP contribution is 2.54. The van der Waals surface area contributed by atoms with Crippen molar-refractivity contribution in [2.45, 2.75) is 37.6 Å². The summed E-state index contributed by atoms with van der Waals surface area (Å²) < 4.78 is 5.85. The second-order valence-electron chi connectivity index (χ2n) is 5.37. The van der Waals surface area contributed by atoms with Crippen molar-refractivity contribution >= 4 is 11.5 Å². The smallest absolute Gasteiger partial charge is 0.293 e. The number of aliphatic hydroxyl groups excluding tert-OH is 1. The Labute approximate surface area is 114 Å².